The molecule has 2 aliphatic carbocycles. The minimum atomic E-state index is -2.52. The van der Waals surface area contributed by atoms with Crippen LogP contribution in [0.4, 0.5) is 14.5 Å². The van der Waals surface area contributed by atoms with Crippen LogP contribution in [-0.2, 0) is 16.1 Å². The van der Waals surface area contributed by atoms with Gasteiger partial charge in [-0.3, -0.25) is 19.7 Å². The van der Waals surface area contributed by atoms with Crippen LogP contribution in [0.2, 0.25) is 0 Å². The van der Waals surface area contributed by atoms with Crippen molar-refractivity contribution in [2.75, 3.05) is 5.32 Å². The Morgan fingerprint density at radius 1 is 0.971 bits per heavy atom. The minimum absolute atomic E-state index is 0.0436. The van der Waals surface area contributed by atoms with Crippen molar-refractivity contribution in [3.63, 3.8) is 0 Å². The third-order valence-corrected chi connectivity index (χ3v) is 7.81. The molecule has 3 atom stereocenters. The first-order valence-electron chi connectivity index (χ1n) is 12.5. The van der Waals surface area contributed by atoms with E-state index < -0.39 is 17.9 Å². The van der Waals surface area contributed by atoms with Gasteiger partial charge in [0.05, 0.1) is 0 Å². The number of nitrogens with zero attached hydrogens (tertiary/aromatic N) is 1. The average molecular weight is 475 g/mol. The fourth-order valence-corrected chi connectivity index (χ4v) is 5.89. The van der Waals surface area contributed by atoms with Gasteiger partial charge in [0.25, 0.3) is 5.91 Å². The summed E-state index contributed by atoms with van der Waals surface area (Å²) in [5.74, 6) is -3.41. The number of nitrogens with one attached hydrogen (secondary N) is 3. The van der Waals surface area contributed by atoms with Crippen LogP contribution in [0.25, 0.3) is 0 Å². The van der Waals surface area contributed by atoms with Gasteiger partial charge in [0.1, 0.15) is 6.04 Å². The van der Waals surface area contributed by atoms with Crippen LogP contribution in [0.15, 0.2) is 18.2 Å². The summed E-state index contributed by atoms with van der Waals surface area (Å²) >= 11 is 0. The number of piperidine rings is 1. The third kappa shape index (κ3) is 4.80. The zero-order chi connectivity index (χ0) is 23.9. The number of hydrogen-bond donors (Lipinski definition) is 3. The van der Waals surface area contributed by atoms with Crippen molar-refractivity contribution in [3.8, 4) is 0 Å². The van der Waals surface area contributed by atoms with Crippen LogP contribution >= 0.6 is 0 Å². The molecule has 0 aromatic heterocycles. The van der Waals surface area contributed by atoms with E-state index in [9.17, 15) is 23.2 Å². The normalized spacial score (nSPS) is 29.6. The first-order valence-corrected chi connectivity index (χ1v) is 12.5. The van der Waals surface area contributed by atoms with Gasteiger partial charge >= 0.3 is 0 Å². The molecule has 1 unspecified atom stereocenters. The van der Waals surface area contributed by atoms with E-state index in [1.807, 2.05) is 12.1 Å². The Bertz CT molecular complexity index is 975. The van der Waals surface area contributed by atoms with Crippen LogP contribution in [0, 0.1) is 0 Å². The predicted molar refractivity (Wildman–Crippen MR) is 122 cm³/mol. The van der Waals surface area contributed by atoms with Crippen molar-refractivity contribution in [1.82, 2.24) is 15.5 Å². The highest BCUT2D eigenvalue weighted by atomic mass is 19.3. The summed E-state index contributed by atoms with van der Waals surface area (Å²) in [5, 5.41) is 9.61. The van der Waals surface area contributed by atoms with Crippen molar-refractivity contribution in [2.45, 2.75) is 101 Å². The lowest BCUT2D eigenvalue weighted by molar-refractivity contribution is -0.136. The highest BCUT2D eigenvalue weighted by Gasteiger charge is 2.40. The molecule has 0 radical (unpaired) electrons. The molecule has 34 heavy (non-hydrogen) atoms. The van der Waals surface area contributed by atoms with Crippen LogP contribution in [0.5, 0.6) is 0 Å². The number of hydrogen-bond acceptors (Lipinski definition) is 5. The largest absolute Gasteiger partial charge is 0.381 e. The summed E-state index contributed by atoms with van der Waals surface area (Å²) in [4.78, 5) is 38.2. The van der Waals surface area contributed by atoms with Gasteiger partial charge in [0.2, 0.25) is 17.7 Å². The molecule has 1 saturated heterocycles. The predicted octanol–water partition coefficient (Wildman–Crippen LogP) is 3.34. The van der Waals surface area contributed by atoms with Gasteiger partial charge in [-0.05, 0) is 55.9 Å². The number of carbonyl (C=O) groups is 3. The second-order valence-electron chi connectivity index (χ2n) is 10.2. The van der Waals surface area contributed by atoms with Crippen molar-refractivity contribution < 1.29 is 23.2 Å². The van der Waals surface area contributed by atoms with Crippen LogP contribution < -0.4 is 16.0 Å². The van der Waals surface area contributed by atoms with E-state index >= 15 is 0 Å². The third-order valence-electron chi connectivity index (χ3n) is 7.81. The van der Waals surface area contributed by atoms with Gasteiger partial charge in [0, 0.05) is 55.2 Å². The molecular formula is C25H32F2N4O3. The molecule has 1 aromatic carbocycles. The van der Waals surface area contributed by atoms with Crippen molar-refractivity contribution in [2.24, 2.45) is 0 Å². The Balaban J connectivity index is 1.24. The van der Waals surface area contributed by atoms with Crippen LogP contribution in [0.3, 0.4) is 0 Å². The molecule has 3 amide bonds. The molecule has 2 heterocycles. The van der Waals surface area contributed by atoms with E-state index in [0.717, 1.165) is 36.9 Å². The summed E-state index contributed by atoms with van der Waals surface area (Å²) in [6.45, 7) is 0.346. The molecule has 5 rings (SSSR count). The van der Waals surface area contributed by atoms with Gasteiger partial charge in [-0.1, -0.05) is 12.8 Å². The first kappa shape index (κ1) is 23.2. The van der Waals surface area contributed by atoms with E-state index in [1.54, 1.807) is 11.0 Å². The lowest BCUT2D eigenvalue weighted by Gasteiger charge is -2.38. The molecular weight excluding hydrogens is 442 g/mol. The van der Waals surface area contributed by atoms with Crippen molar-refractivity contribution >= 4 is 23.4 Å². The maximum atomic E-state index is 13.5. The summed E-state index contributed by atoms with van der Waals surface area (Å²) in [5.41, 5.74) is 2.39. The Morgan fingerprint density at radius 3 is 2.44 bits per heavy atom. The smallest absolute Gasteiger partial charge is 0.255 e. The van der Waals surface area contributed by atoms with Crippen molar-refractivity contribution in [3.05, 3.63) is 29.3 Å². The fraction of sp³-hybridized carbons (Fsp3) is 0.640. The van der Waals surface area contributed by atoms with Gasteiger partial charge in [-0.2, -0.15) is 0 Å². The second kappa shape index (κ2) is 9.24. The molecule has 3 N–H and O–H groups in total. The molecule has 184 valence electrons. The molecule has 4 aliphatic rings. The quantitative estimate of drug-likeness (QED) is 0.570. The Labute approximate surface area is 198 Å². The van der Waals surface area contributed by atoms with E-state index in [2.05, 4.69) is 16.0 Å². The highest BCUT2D eigenvalue weighted by molar-refractivity contribution is 6.05. The molecule has 0 spiro atoms. The zero-order valence-corrected chi connectivity index (χ0v) is 19.2. The van der Waals surface area contributed by atoms with Crippen molar-refractivity contribution in [1.29, 1.82) is 0 Å². The topological polar surface area (TPSA) is 90.5 Å². The standard InChI is InChI=1S/C25H32F2N4O3/c26-25(27)11-9-16(10-12-25)28-19-3-1-2-4-20(19)29-17-5-6-18-15(13-17)14-31(24(18)34)21-7-8-22(32)30-23(21)33/h5-6,13,16,19-21,28-29H,1-4,7-12,14H2,(H,30,32,33)/t19-,20+,21?/m1/s1. The molecule has 9 heteroatoms. The highest BCUT2D eigenvalue weighted by Crippen LogP contribution is 2.35. The number of amides is 3. The van der Waals surface area contributed by atoms with Crippen LogP contribution in [-0.4, -0.2) is 52.7 Å². The summed E-state index contributed by atoms with van der Waals surface area (Å²) in [6, 6.07) is 5.61. The number of imide groups is 1. The number of alkyl halides is 2. The summed E-state index contributed by atoms with van der Waals surface area (Å²) in [7, 11) is 0. The zero-order valence-electron chi connectivity index (χ0n) is 19.2. The van der Waals surface area contributed by atoms with E-state index in [0.29, 0.717) is 31.4 Å². The van der Waals surface area contributed by atoms with E-state index in [1.165, 1.54) is 0 Å². The second-order valence-corrected chi connectivity index (χ2v) is 10.2. The Hall–Kier alpha value is -2.55. The molecule has 1 aromatic rings. The number of benzene rings is 1. The molecule has 7 nitrogen and oxygen atoms in total. The lowest BCUT2D eigenvalue weighted by Crippen LogP contribution is -2.52. The van der Waals surface area contributed by atoms with Gasteiger partial charge in [0.15, 0.2) is 0 Å². The number of anilines is 1. The maximum absolute atomic E-state index is 13.5. The number of carbonyl (C=O) groups excluding carboxylic acids is 3. The first-order chi connectivity index (χ1) is 16.3. The van der Waals surface area contributed by atoms with E-state index in [4.69, 9.17) is 0 Å². The molecule has 2 saturated carbocycles. The summed E-state index contributed by atoms with van der Waals surface area (Å²) < 4.78 is 27.1. The van der Waals surface area contributed by atoms with Crippen LogP contribution in [0.1, 0.15) is 80.1 Å². The number of halogens is 2. The Kier molecular flexibility index (Phi) is 6.31. The van der Waals surface area contributed by atoms with Gasteiger partial charge < -0.3 is 15.5 Å². The minimum Gasteiger partial charge on any atom is -0.381 e. The maximum Gasteiger partial charge on any atom is 0.255 e. The van der Waals surface area contributed by atoms with Gasteiger partial charge in [-0.15, -0.1) is 0 Å². The van der Waals surface area contributed by atoms with Gasteiger partial charge in [-0.25, -0.2) is 8.78 Å². The Morgan fingerprint density at radius 2 is 1.71 bits per heavy atom. The molecule has 2 aliphatic heterocycles. The fourth-order valence-electron chi connectivity index (χ4n) is 5.89. The molecule has 0 bridgehead atoms. The average Bonchev–Trinajstić information content (AvgIpc) is 3.12. The lowest BCUT2D eigenvalue weighted by atomic mass is 9.86. The number of fused-ring (bicyclic) bond motifs is 1. The monoisotopic (exact) mass is 474 g/mol. The molecule has 3 fully saturated rings. The number of rotatable bonds is 5. The summed E-state index contributed by atoms with van der Waals surface area (Å²) in [6.07, 6.45) is 5.76. The SMILES string of the molecule is O=C1CCC(N2Cc3cc(N[C@H]4CCCC[C@H]4NC4CCC(F)(F)CC4)ccc3C2=O)C(=O)N1. The van der Waals surface area contributed by atoms with E-state index in [-0.39, 0.29) is 49.2 Å².